The van der Waals surface area contributed by atoms with Crippen molar-refractivity contribution in [3.63, 3.8) is 0 Å². The first-order valence-corrected chi connectivity index (χ1v) is 6.33. The predicted octanol–water partition coefficient (Wildman–Crippen LogP) is 3.13. The van der Waals surface area contributed by atoms with E-state index in [4.69, 9.17) is 5.73 Å². The largest absolute Gasteiger partial charge is 0.381 e. The smallest absolute Gasteiger partial charge is 0.0412 e. The van der Waals surface area contributed by atoms with Crippen LogP contribution < -0.4 is 11.1 Å². The van der Waals surface area contributed by atoms with Crippen molar-refractivity contribution < 1.29 is 0 Å². The maximum absolute atomic E-state index is 6.09. The SMILES string of the molecule is N[C@@H]1CCCC[C@H]1Nc1cccc(Br)c1. The van der Waals surface area contributed by atoms with Crippen molar-refractivity contribution in [3.8, 4) is 0 Å². The Morgan fingerprint density at radius 2 is 2.07 bits per heavy atom. The van der Waals surface area contributed by atoms with E-state index in [1.54, 1.807) is 0 Å². The molecule has 1 fully saturated rings. The summed E-state index contributed by atoms with van der Waals surface area (Å²) >= 11 is 3.47. The van der Waals surface area contributed by atoms with E-state index >= 15 is 0 Å². The molecule has 15 heavy (non-hydrogen) atoms. The van der Waals surface area contributed by atoms with Crippen molar-refractivity contribution >= 4 is 21.6 Å². The molecule has 1 aromatic carbocycles. The molecular formula is C12H17BrN2. The lowest BCUT2D eigenvalue weighted by atomic mass is 9.91. The quantitative estimate of drug-likeness (QED) is 0.865. The molecule has 1 aromatic rings. The third-order valence-corrected chi connectivity index (χ3v) is 3.49. The van der Waals surface area contributed by atoms with Crippen molar-refractivity contribution in [2.45, 2.75) is 37.8 Å². The van der Waals surface area contributed by atoms with Crippen LogP contribution in [-0.4, -0.2) is 12.1 Å². The van der Waals surface area contributed by atoms with Crippen LogP contribution in [0.1, 0.15) is 25.7 Å². The second-order valence-electron chi connectivity index (χ2n) is 4.21. The van der Waals surface area contributed by atoms with Crippen LogP contribution in [0.2, 0.25) is 0 Å². The summed E-state index contributed by atoms with van der Waals surface area (Å²) in [7, 11) is 0. The van der Waals surface area contributed by atoms with Crippen LogP contribution >= 0.6 is 15.9 Å². The summed E-state index contributed by atoms with van der Waals surface area (Å²) in [6, 6.07) is 9.01. The summed E-state index contributed by atoms with van der Waals surface area (Å²) in [6.07, 6.45) is 4.90. The lowest BCUT2D eigenvalue weighted by Crippen LogP contribution is -2.42. The van der Waals surface area contributed by atoms with Gasteiger partial charge in [0.05, 0.1) is 0 Å². The van der Waals surface area contributed by atoms with Crippen LogP contribution in [0.4, 0.5) is 5.69 Å². The average molecular weight is 269 g/mol. The molecule has 0 aromatic heterocycles. The van der Waals surface area contributed by atoms with E-state index in [1.165, 1.54) is 19.3 Å². The fourth-order valence-corrected chi connectivity index (χ4v) is 2.53. The lowest BCUT2D eigenvalue weighted by molar-refractivity contribution is 0.404. The van der Waals surface area contributed by atoms with Crippen molar-refractivity contribution in [1.29, 1.82) is 0 Å². The van der Waals surface area contributed by atoms with Gasteiger partial charge in [0.25, 0.3) is 0 Å². The monoisotopic (exact) mass is 268 g/mol. The van der Waals surface area contributed by atoms with E-state index < -0.39 is 0 Å². The molecule has 3 N–H and O–H groups in total. The van der Waals surface area contributed by atoms with Gasteiger partial charge in [0, 0.05) is 22.2 Å². The predicted molar refractivity (Wildman–Crippen MR) is 68.0 cm³/mol. The van der Waals surface area contributed by atoms with Crippen molar-refractivity contribution in [1.82, 2.24) is 0 Å². The normalized spacial score (nSPS) is 26.3. The zero-order valence-electron chi connectivity index (χ0n) is 8.75. The molecule has 0 amide bonds. The Kier molecular flexibility index (Phi) is 3.65. The Balaban J connectivity index is 2.01. The van der Waals surface area contributed by atoms with Crippen LogP contribution in [-0.2, 0) is 0 Å². The van der Waals surface area contributed by atoms with Gasteiger partial charge in [0.2, 0.25) is 0 Å². The maximum Gasteiger partial charge on any atom is 0.0412 e. The second kappa shape index (κ2) is 4.99. The van der Waals surface area contributed by atoms with Gasteiger partial charge in [-0.05, 0) is 31.0 Å². The third kappa shape index (κ3) is 2.95. The first-order valence-electron chi connectivity index (χ1n) is 5.53. The molecule has 2 rings (SSSR count). The van der Waals surface area contributed by atoms with Crippen LogP contribution in [0, 0.1) is 0 Å². The Hall–Kier alpha value is -0.540. The Labute approximate surface area is 99.4 Å². The van der Waals surface area contributed by atoms with E-state index in [-0.39, 0.29) is 0 Å². The van der Waals surface area contributed by atoms with E-state index in [0.717, 1.165) is 16.6 Å². The molecule has 0 spiro atoms. The molecule has 1 aliphatic carbocycles. The average Bonchev–Trinajstić information content (AvgIpc) is 2.22. The molecule has 0 saturated heterocycles. The highest BCUT2D eigenvalue weighted by atomic mass is 79.9. The number of benzene rings is 1. The van der Waals surface area contributed by atoms with Gasteiger partial charge in [-0.3, -0.25) is 0 Å². The number of nitrogens with one attached hydrogen (secondary N) is 1. The van der Waals surface area contributed by atoms with Gasteiger partial charge in [-0.25, -0.2) is 0 Å². The number of hydrogen-bond donors (Lipinski definition) is 2. The standard InChI is InChI=1S/C12H17BrN2/c13-9-4-3-5-10(8-9)15-12-7-2-1-6-11(12)14/h3-5,8,11-12,15H,1-2,6-7,14H2/t11-,12-/m1/s1. The minimum atomic E-state index is 0.303. The van der Waals surface area contributed by atoms with Gasteiger partial charge in [0.15, 0.2) is 0 Å². The Morgan fingerprint density at radius 1 is 1.27 bits per heavy atom. The molecule has 2 nitrogen and oxygen atoms in total. The molecule has 2 atom stereocenters. The zero-order valence-corrected chi connectivity index (χ0v) is 10.3. The van der Waals surface area contributed by atoms with E-state index in [2.05, 4.69) is 33.4 Å². The highest BCUT2D eigenvalue weighted by molar-refractivity contribution is 9.10. The summed E-state index contributed by atoms with van der Waals surface area (Å²) in [4.78, 5) is 0. The highest BCUT2D eigenvalue weighted by Gasteiger charge is 2.21. The molecule has 0 radical (unpaired) electrons. The molecule has 3 heteroatoms. The first-order chi connectivity index (χ1) is 7.25. The Morgan fingerprint density at radius 3 is 2.80 bits per heavy atom. The van der Waals surface area contributed by atoms with E-state index in [1.807, 2.05) is 12.1 Å². The summed E-state index contributed by atoms with van der Waals surface area (Å²) in [5.74, 6) is 0. The third-order valence-electron chi connectivity index (χ3n) is 3.00. The van der Waals surface area contributed by atoms with Gasteiger partial charge in [0.1, 0.15) is 0 Å². The van der Waals surface area contributed by atoms with E-state index in [0.29, 0.717) is 12.1 Å². The first kappa shape index (κ1) is 11.0. The molecule has 1 aliphatic rings. The van der Waals surface area contributed by atoms with Crippen molar-refractivity contribution in [2.24, 2.45) is 5.73 Å². The van der Waals surface area contributed by atoms with Gasteiger partial charge >= 0.3 is 0 Å². The van der Waals surface area contributed by atoms with E-state index in [9.17, 15) is 0 Å². The molecule has 1 saturated carbocycles. The van der Waals surface area contributed by atoms with Gasteiger partial charge in [-0.2, -0.15) is 0 Å². The number of nitrogens with two attached hydrogens (primary N) is 1. The highest BCUT2D eigenvalue weighted by Crippen LogP contribution is 2.22. The number of rotatable bonds is 2. The minimum absolute atomic E-state index is 0.303. The summed E-state index contributed by atoms with van der Waals surface area (Å²) in [6.45, 7) is 0. The molecule has 0 unspecified atom stereocenters. The molecule has 82 valence electrons. The molecule has 0 heterocycles. The summed E-state index contributed by atoms with van der Waals surface area (Å²) in [5.41, 5.74) is 7.25. The topological polar surface area (TPSA) is 38.0 Å². The Bertz CT molecular complexity index is 327. The van der Waals surface area contributed by atoms with Crippen molar-refractivity contribution in [2.75, 3.05) is 5.32 Å². The zero-order chi connectivity index (χ0) is 10.7. The molecule has 0 bridgehead atoms. The molecule has 0 aliphatic heterocycles. The van der Waals surface area contributed by atoms with Crippen molar-refractivity contribution in [3.05, 3.63) is 28.7 Å². The number of halogens is 1. The van der Waals surface area contributed by atoms with Crippen LogP contribution in [0.5, 0.6) is 0 Å². The fraction of sp³-hybridized carbons (Fsp3) is 0.500. The van der Waals surface area contributed by atoms with Gasteiger partial charge < -0.3 is 11.1 Å². The number of hydrogen-bond acceptors (Lipinski definition) is 2. The van der Waals surface area contributed by atoms with Gasteiger partial charge in [-0.1, -0.05) is 34.8 Å². The number of anilines is 1. The summed E-state index contributed by atoms with van der Waals surface area (Å²) < 4.78 is 1.11. The second-order valence-corrected chi connectivity index (χ2v) is 5.13. The summed E-state index contributed by atoms with van der Waals surface area (Å²) in [5, 5.41) is 3.52. The van der Waals surface area contributed by atoms with Crippen LogP contribution in [0.25, 0.3) is 0 Å². The van der Waals surface area contributed by atoms with Crippen LogP contribution in [0.15, 0.2) is 28.7 Å². The molecular weight excluding hydrogens is 252 g/mol. The van der Waals surface area contributed by atoms with Gasteiger partial charge in [-0.15, -0.1) is 0 Å². The maximum atomic E-state index is 6.09. The minimum Gasteiger partial charge on any atom is -0.381 e. The lowest BCUT2D eigenvalue weighted by Gasteiger charge is -2.30. The van der Waals surface area contributed by atoms with Crippen LogP contribution in [0.3, 0.4) is 0 Å². The fourth-order valence-electron chi connectivity index (χ4n) is 2.13.